The molecule has 126 valence electrons. The molecule has 0 bridgehead atoms. The Morgan fingerprint density at radius 3 is 2.04 bits per heavy atom. The van der Waals surface area contributed by atoms with Crippen LogP contribution in [0.5, 0.6) is 0 Å². The minimum Gasteiger partial charge on any atom is -0.326 e. The second-order valence-corrected chi connectivity index (χ2v) is 6.12. The van der Waals surface area contributed by atoms with Gasteiger partial charge in [-0.2, -0.15) is 0 Å². The average molecular weight is 346 g/mol. The molecule has 6 heteroatoms. The molecule has 0 radical (unpaired) electrons. The molecule has 0 aromatic heterocycles. The smallest absolute Gasteiger partial charge is 0.319 e. The maximum atomic E-state index is 12.4. The molecule has 24 heavy (non-hydrogen) atoms. The molecule has 0 spiro atoms. The molecule has 2 aromatic carbocycles. The maximum Gasteiger partial charge on any atom is 0.319 e. The van der Waals surface area contributed by atoms with E-state index in [1.54, 1.807) is 36.4 Å². The summed E-state index contributed by atoms with van der Waals surface area (Å²) in [7, 11) is 0. The van der Waals surface area contributed by atoms with E-state index in [9.17, 15) is 9.59 Å². The van der Waals surface area contributed by atoms with Crippen LogP contribution in [0.3, 0.4) is 0 Å². The van der Waals surface area contributed by atoms with Gasteiger partial charge in [0.05, 0.1) is 0 Å². The molecule has 2 rings (SSSR count). The maximum absolute atomic E-state index is 12.4. The van der Waals surface area contributed by atoms with Crippen molar-refractivity contribution in [3.8, 4) is 0 Å². The first kappa shape index (κ1) is 17.8. The zero-order valence-corrected chi connectivity index (χ0v) is 14.3. The summed E-state index contributed by atoms with van der Waals surface area (Å²) in [5, 5.41) is 8.79. The molecule has 2 aromatic rings. The third-order valence-electron chi connectivity index (χ3n) is 3.38. The van der Waals surface area contributed by atoms with E-state index in [1.807, 2.05) is 32.0 Å². The number of halogens is 1. The van der Waals surface area contributed by atoms with Crippen LogP contribution in [0.25, 0.3) is 0 Å². The monoisotopic (exact) mass is 345 g/mol. The molecule has 1 atom stereocenters. The number of carbonyl (C=O) groups excluding carboxylic acids is 2. The predicted molar refractivity (Wildman–Crippen MR) is 97.3 cm³/mol. The number of rotatable bonds is 5. The van der Waals surface area contributed by atoms with Gasteiger partial charge in [0, 0.05) is 16.4 Å². The van der Waals surface area contributed by atoms with Crippen molar-refractivity contribution in [3.05, 3.63) is 59.6 Å². The van der Waals surface area contributed by atoms with E-state index in [4.69, 9.17) is 11.6 Å². The Hall–Kier alpha value is -2.53. The fourth-order valence-corrected chi connectivity index (χ4v) is 2.24. The zero-order chi connectivity index (χ0) is 17.5. The van der Waals surface area contributed by atoms with Crippen LogP contribution < -0.4 is 16.0 Å². The summed E-state index contributed by atoms with van der Waals surface area (Å²) in [5.74, 6) is -0.352. The lowest BCUT2D eigenvalue weighted by Gasteiger charge is -2.22. The van der Waals surface area contributed by atoms with Crippen molar-refractivity contribution in [2.75, 3.05) is 10.6 Å². The van der Waals surface area contributed by atoms with Crippen LogP contribution in [0.15, 0.2) is 54.6 Å². The number of hydrogen-bond donors (Lipinski definition) is 3. The predicted octanol–water partition coefficient (Wildman–Crippen LogP) is 4.12. The molecular formula is C18H20ClN3O2. The molecule has 3 N–H and O–H groups in total. The number of carbonyl (C=O) groups is 2. The molecule has 0 fully saturated rings. The summed E-state index contributed by atoms with van der Waals surface area (Å²) in [6.07, 6.45) is 0. The first-order valence-electron chi connectivity index (χ1n) is 7.64. The van der Waals surface area contributed by atoms with Crippen molar-refractivity contribution < 1.29 is 9.59 Å². The summed E-state index contributed by atoms with van der Waals surface area (Å²) in [6, 6.07) is 14.8. The SMILES string of the molecule is CC(C)[C@H](NC(=O)Nc1ccccc1)C(=O)Nc1ccc(Cl)cc1. The molecule has 3 amide bonds. The standard InChI is InChI=1S/C18H20ClN3O2/c1-12(2)16(17(23)20-15-10-8-13(19)9-11-15)22-18(24)21-14-6-4-3-5-7-14/h3-12,16H,1-2H3,(H,20,23)(H2,21,22,24)/t16-/m0/s1. The summed E-state index contributed by atoms with van der Waals surface area (Å²) in [5.41, 5.74) is 1.29. The van der Waals surface area contributed by atoms with Gasteiger partial charge in [-0.25, -0.2) is 4.79 Å². The van der Waals surface area contributed by atoms with Gasteiger partial charge in [-0.15, -0.1) is 0 Å². The normalized spacial score (nSPS) is 11.7. The molecule has 0 heterocycles. The van der Waals surface area contributed by atoms with Crippen molar-refractivity contribution in [2.45, 2.75) is 19.9 Å². The largest absolute Gasteiger partial charge is 0.326 e. The van der Waals surface area contributed by atoms with Gasteiger partial charge in [-0.3, -0.25) is 4.79 Å². The Labute approximate surface area is 146 Å². The van der Waals surface area contributed by atoms with Gasteiger partial charge in [-0.05, 0) is 42.3 Å². The number of para-hydroxylation sites is 1. The van der Waals surface area contributed by atoms with Crippen LogP contribution in [-0.4, -0.2) is 18.0 Å². The van der Waals surface area contributed by atoms with E-state index in [2.05, 4.69) is 16.0 Å². The van der Waals surface area contributed by atoms with Crippen LogP contribution >= 0.6 is 11.6 Å². The summed E-state index contributed by atoms with van der Waals surface area (Å²) >= 11 is 5.83. The molecule has 5 nitrogen and oxygen atoms in total. The van der Waals surface area contributed by atoms with E-state index in [0.717, 1.165) is 0 Å². The van der Waals surface area contributed by atoms with E-state index < -0.39 is 12.1 Å². The lowest BCUT2D eigenvalue weighted by Crippen LogP contribution is -2.48. The van der Waals surface area contributed by atoms with Crippen LogP contribution in [-0.2, 0) is 4.79 Å². The third kappa shape index (κ3) is 5.28. The average Bonchev–Trinajstić information content (AvgIpc) is 2.55. The first-order valence-corrected chi connectivity index (χ1v) is 8.02. The second-order valence-electron chi connectivity index (χ2n) is 5.68. The third-order valence-corrected chi connectivity index (χ3v) is 3.63. The number of urea groups is 1. The van der Waals surface area contributed by atoms with Crippen LogP contribution in [0, 0.1) is 5.92 Å². The Balaban J connectivity index is 1.98. The Morgan fingerprint density at radius 1 is 0.875 bits per heavy atom. The van der Waals surface area contributed by atoms with Crippen LogP contribution in [0.1, 0.15) is 13.8 Å². The number of anilines is 2. The number of amides is 3. The van der Waals surface area contributed by atoms with Gasteiger partial charge >= 0.3 is 6.03 Å². The Bertz CT molecular complexity index is 687. The van der Waals surface area contributed by atoms with Gasteiger partial charge in [0.15, 0.2) is 0 Å². The molecule has 0 saturated heterocycles. The van der Waals surface area contributed by atoms with Gasteiger partial charge < -0.3 is 16.0 Å². The highest BCUT2D eigenvalue weighted by Gasteiger charge is 2.24. The Morgan fingerprint density at radius 2 is 1.46 bits per heavy atom. The fourth-order valence-electron chi connectivity index (χ4n) is 2.12. The summed E-state index contributed by atoms with van der Waals surface area (Å²) in [6.45, 7) is 3.74. The molecule has 0 saturated carbocycles. The summed E-state index contributed by atoms with van der Waals surface area (Å²) in [4.78, 5) is 24.5. The van der Waals surface area contributed by atoms with E-state index in [0.29, 0.717) is 16.4 Å². The van der Waals surface area contributed by atoms with Crippen LogP contribution in [0.4, 0.5) is 16.2 Å². The molecule has 0 aliphatic rings. The van der Waals surface area contributed by atoms with Gasteiger partial charge in [-0.1, -0.05) is 43.6 Å². The topological polar surface area (TPSA) is 70.2 Å². The zero-order valence-electron chi connectivity index (χ0n) is 13.5. The fraction of sp³-hybridized carbons (Fsp3) is 0.222. The van der Waals surface area contributed by atoms with Gasteiger partial charge in [0.25, 0.3) is 0 Å². The van der Waals surface area contributed by atoms with Crippen molar-refractivity contribution >= 4 is 34.9 Å². The lowest BCUT2D eigenvalue weighted by molar-refractivity contribution is -0.118. The highest BCUT2D eigenvalue weighted by Crippen LogP contribution is 2.15. The minimum atomic E-state index is -0.663. The molecular weight excluding hydrogens is 326 g/mol. The highest BCUT2D eigenvalue weighted by atomic mass is 35.5. The van der Waals surface area contributed by atoms with Crippen molar-refractivity contribution in [3.63, 3.8) is 0 Å². The molecule has 0 unspecified atom stereocenters. The number of benzene rings is 2. The van der Waals surface area contributed by atoms with E-state index >= 15 is 0 Å². The first-order chi connectivity index (χ1) is 11.5. The quantitative estimate of drug-likeness (QED) is 0.762. The van der Waals surface area contributed by atoms with Gasteiger partial charge in [0.1, 0.15) is 6.04 Å². The molecule has 0 aliphatic heterocycles. The van der Waals surface area contributed by atoms with Crippen LogP contribution in [0.2, 0.25) is 5.02 Å². The lowest BCUT2D eigenvalue weighted by atomic mass is 10.0. The van der Waals surface area contributed by atoms with E-state index in [-0.39, 0.29) is 11.8 Å². The highest BCUT2D eigenvalue weighted by molar-refractivity contribution is 6.30. The van der Waals surface area contributed by atoms with E-state index in [1.165, 1.54) is 0 Å². The summed E-state index contributed by atoms with van der Waals surface area (Å²) < 4.78 is 0. The second kappa shape index (κ2) is 8.36. The van der Waals surface area contributed by atoms with Crippen molar-refractivity contribution in [2.24, 2.45) is 5.92 Å². The molecule has 0 aliphatic carbocycles. The van der Waals surface area contributed by atoms with Gasteiger partial charge in [0.2, 0.25) is 5.91 Å². The van der Waals surface area contributed by atoms with Crippen molar-refractivity contribution in [1.82, 2.24) is 5.32 Å². The number of nitrogens with one attached hydrogen (secondary N) is 3. The van der Waals surface area contributed by atoms with Crippen molar-refractivity contribution in [1.29, 1.82) is 0 Å². The number of hydrogen-bond acceptors (Lipinski definition) is 2. The Kier molecular flexibility index (Phi) is 6.21. The minimum absolute atomic E-state index is 0.0705.